The number of aromatic nitrogens is 2. The van der Waals surface area contributed by atoms with Gasteiger partial charge in [0.25, 0.3) is 0 Å². The quantitative estimate of drug-likeness (QED) is 0.829. The molecule has 0 aromatic carbocycles. The molecule has 1 atom stereocenters. The third-order valence-corrected chi connectivity index (χ3v) is 2.91. The van der Waals surface area contributed by atoms with Crippen LogP contribution in [0.2, 0.25) is 0 Å². The average molecular weight is 213 g/mol. The summed E-state index contributed by atoms with van der Waals surface area (Å²) in [6, 6.07) is 0.308. The van der Waals surface area contributed by atoms with Crippen molar-refractivity contribution >= 4 is 11.8 Å². The fourth-order valence-corrected chi connectivity index (χ4v) is 2.03. The molecule has 5 heteroatoms. The van der Waals surface area contributed by atoms with E-state index in [0.717, 1.165) is 30.4 Å². The number of thioether (sulfide) groups is 1. The number of piperidine rings is 1. The molecule has 1 unspecified atom stereocenters. The number of nitrogens with zero attached hydrogens (tertiary/aromatic N) is 2. The first-order valence-electron chi connectivity index (χ1n) is 4.95. The van der Waals surface area contributed by atoms with Crippen molar-refractivity contribution in [3.63, 3.8) is 0 Å². The molecule has 2 rings (SSSR count). The van der Waals surface area contributed by atoms with Gasteiger partial charge >= 0.3 is 0 Å². The van der Waals surface area contributed by atoms with Gasteiger partial charge in [0.05, 0.1) is 11.8 Å². The molecule has 1 aromatic heterocycles. The summed E-state index contributed by atoms with van der Waals surface area (Å²) in [6.07, 6.45) is 5.66. The smallest absolute Gasteiger partial charge is 0.236 e. The molecule has 0 amide bonds. The van der Waals surface area contributed by atoms with E-state index < -0.39 is 0 Å². The van der Waals surface area contributed by atoms with E-state index in [0.29, 0.717) is 6.04 Å². The first-order valence-corrected chi connectivity index (χ1v) is 6.34. The number of hydrogen-bond acceptors (Lipinski definition) is 5. The number of nitrogens with one attached hydrogen (secondary N) is 1. The van der Waals surface area contributed by atoms with Crippen LogP contribution in [-0.4, -0.2) is 22.9 Å². The fourth-order valence-electron chi connectivity index (χ4n) is 1.66. The molecule has 1 aliphatic heterocycles. The van der Waals surface area contributed by atoms with Crippen LogP contribution < -0.4 is 5.32 Å². The second-order valence-corrected chi connectivity index (χ2v) is 4.35. The Morgan fingerprint density at radius 2 is 2.50 bits per heavy atom. The van der Waals surface area contributed by atoms with Crippen molar-refractivity contribution in [2.24, 2.45) is 0 Å². The summed E-state index contributed by atoms with van der Waals surface area (Å²) in [5, 5.41) is 7.40. The van der Waals surface area contributed by atoms with Gasteiger partial charge in [-0.2, -0.15) is 16.7 Å². The summed E-state index contributed by atoms with van der Waals surface area (Å²) in [5.41, 5.74) is 0. The first-order chi connectivity index (χ1) is 6.90. The lowest BCUT2D eigenvalue weighted by Gasteiger charge is -2.19. The van der Waals surface area contributed by atoms with Gasteiger partial charge in [-0.1, -0.05) is 11.6 Å². The standard InChI is InChI=1S/C9H15N3OS/c1-14-6-8-11-9(12-13-8)7-4-2-3-5-10-7/h7,10H,2-6H2,1H3. The third kappa shape index (κ3) is 2.27. The van der Waals surface area contributed by atoms with Crippen molar-refractivity contribution < 1.29 is 4.52 Å². The average Bonchev–Trinajstić information content (AvgIpc) is 2.68. The minimum Gasteiger partial charge on any atom is -0.338 e. The Bertz CT molecular complexity index is 283. The first kappa shape index (κ1) is 9.98. The Balaban J connectivity index is 2.00. The molecule has 0 bridgehead atoms. The number of rotatable bonds is 3. The zero-order chi connectivity index (χ0) is 9.80. The molecular weight excluding hydrogens is 198 g/mol. The summed E-state index contributed by atoms with van der Waals surface area (Å²) in [4.78, 5) is 4.36. The van der Waals surface area contributed by atoms with E-state index >= 15 is 0 Å². The number of hydrogen-bond donors (Lipinski definition) is 1. The molecular formula is C9H15N3OS. The van der Waals surface area contributed by atoms with Crippen LogP contribution in [-0.2, 0) is 5.75 Å². The highest BCUT2D eigenvalue weighted by Crippen LogP contribution is 2.20. The fraction of sp³-hybridized carbons (Fsp3) is 0.778. The van der Waals surface area contributed by atoms with Crippen molar-refractivity contribution in [2.75, 3.05) is 12.8 Å². The van der Waals surface area contributed by atoms with Crippen LogP contribution in [0.15, 0.2) is 4.52 Å². The van der Waals surface area contributed by atoms with E-state index in [4.69, 9.17) is 4.52 Å². The molecule has 4 nitrogen and oxygen atoms in total. The minimum atomic E-state index is 0.308. The van der Waals surface area contributed by atoms with Gasteiger partial charge in [0, 0.05) is 0 Å². The molecule has 1 aromatic rings. The Labute approximate surface area is 87.8 Å². The van der Waals surface area contributed by atoms with Gasteiger partial charge in [-0.3, -0.25) is 0 Å². The second kappa shape index (κ2) is 4.79. The zero-order valence-corrected chi connectivity index (χ0v) is 9.14. The van der Waals surface area contributed by atoms with Gasteiger partial charge in [0.15, 0.2) is 5.82 Å². The summed E-state index contributed by atoms with van der Waals surface area (Å²) in [7, 11) is 0. The molecule has 2 heterocycles. The normalized spacial score (nSPS) is 22.5. The highest BCUT2D eigenvalue weighted by Gasteiger charge is 2.19. The Kier molecular flexibility index (Phi) is 3.42. The van der Waals surface area contributed by atoms with Gasteiger partial charge in [0.2, 0.25) is 5.89 Å². The monoisotopic (exact) mass is 213 g/mol. The SMILES string of the molecule is CSCc1nc(C2CCCCN2)no1. The molecule has 1 saturated heterocycles. The molecule has 1 N–H and O–H groups in total. The molecule has 14 heavy (non-hydrogen) atoms. The Morgan fingerprint density at radius 1 is 1.57 bits per heavy atom. The largest absolute Gasteiger partial charge is 0.338 e. The summed E-state index contributed by atoms with van der Waals surface area (Å²) < 4.78 is 5.14. The van der Waals surface area contributed by atoms with Gasteiger partial charge in [0.1, 0.15) is 0 Å². The van der Waals surface area contributed by atoms with Crippen LogP contribution in [0.25, 0.3) is 0 Å². The molecule has 78 valence electrons. The summed E-state index contributed by atoms with van der Waals surface area (Å²) in [5.74, 6) is 2.37. The van der Waals surface area contributed by atoms with Crippen molar-refractivity contribution in [3.8, 4) is 0 Å². The van der Waals surface area contributed by atoms with E-state index in [1.54, 1.807) is 11.8 Å². The van der Waals surface area contributed by atoms with E-state index in [1.165, 1.54) is 12.8 Å². The maximum atomic E-state index is 5.14. The van der Waals surface area contributed by atoms with Crippen LogP contribution in [0.1, 0.15) is 37.0 Å². The van der Waals surface area contributed by atoms with Gasteiger partial charge < -0.3 is 9.84 Å². The lowest BCUT2D eigenvalue weighted by Crippen LogP contribution is -2.27. The maximum absolute atomic E-state index is 5.14. The predicted octanol–water partition coefficient (Wildman–Crippen LogP) is 1.75. The molecule has 0 saturated carbocycles. The van der Waals surface area contributed by atoms with Crippen molar-refractivity contribution in [3.05, 3.63) is 11.7 Å². The lowest BCUT2D eigenvalue weighted by molar-refractivity contribution is 0.354. The molecule has 0 aliphatic carbocycles. The molecule has 1 fully saturated rings. The topological polar surface area (TPSA) is 51.0 Å². The Hall–Kier alpha value is -0.550. The van der Waals surface area contributed by atoms with Crippen LogP contribution in [0.4, 0.5) is 0 Å². The van der Waals surface area contributed by atoms with E-state index in [1.807, 2.05) is 6.26 Å². The second-order valence-electron chi connectivity index (χ2n) is 3.48. The third-order valence-electron chi connectivity index (χ3n) is 2.37. The molecule has 0 radical (unpaired) electrons. The maximum Gasteiger partial charge on any atom is 0.236 e. The highest BCUT2D eigenvalue weighted by molar-refractivity contribution is 7.97. The van der Waals surface area contributed by atoms with Crippen LogP contribution in [0, 0.1) is 0 Å². The highest BCUT2D eigenvalue weighted by atomic mass is 32.2. The lowest BCUT2D eigenvalue weighted by atomic mass is 10.0. The zero-order valence-electron chi connectivity index (χ0n) is 8.32. The van der Waals surface area contributed by atoms with Crippen molar-refractivity contribution in [1.29, 1.82) is 0 Å². The van der Waals surface area contributed by atoms with Crippen molar-refractivity contribution in [1.82, 2.24) is 15.5 Å². The van der Waals surface area contributed by atoms with E-state index in [2.05, 4.69) is 15.5 Å². The van der Waals surface area contributed by atoms with Crippen LogP contribution in [0.3, 0.4) is 0 Å². The predicted molar refractivity (Wildman–Crippen MR) is 56.1 cm³/mol. The van der Waals surface area contributed by atoms with Crippen LogP contribution in [0.5, 0.6) is 0 Å². The van der Waals surface area contributed by atoms with E-state index in [9.17, 15) is 0 Å². The van der Waals surface area contributed by atoms with Gasteiger partial charge in [-0.25, -0.2) is 0 Å². The Morgan fingerprint density at radius 3 is 3.21 bits per heavy atom. The van der Waals surface area contributed by atoms with Crippen molar-refractivity contribution in [2.45, 2.75) is 31.1 Å². The van der Waals surface area contributed by atoms with E-state index in [-0.39, 0.29) is 0 Å². The summed E-state index contributed by atoms with van der Waals surface area (Å²) >= 11 is 1.70. The van der Waals surface area contributed by atoms with Gasteiger partial charge in [-0.15, -0.1) is 0 Å². The molecule has 0 spiro atoms. The summed E-state index contributed by atoms with van der Waals surface area (Å²) in [6.45, 7) is 1.07. The minimum absolute atomic E-state index is 0.308. The molecule has 1 aliphatic rings. The van der Waals surface area contributed by atoms with Gasteiger partial charge in [-0.05, 0) is 25.6 Å². The van der Waals surface area contributed by atoms with Crippen LogP contribution >= 0.6 is 11.8 Å².